The molecule has 0 radical (unpaired) electrons. The van der Waals surface area contributed by atoms with Crippen molar-refractivity contribution in [2.45, 2.75) is 13.3 Å². The van der Waals surface area contributed by atoms with Gasteiger partial charge in [0.2, 0.25) is 0 Å². The first-order chi connectivity index (χ1) is 8.58. The van der Waals surface area contributed by atoms with Gasteiger partial charge < -0.3 is 15.0 Å². The molecule has 2 aromatic heterocycles. The largest absolute Gasteiger partial charge is 0.477 e. The van der Waals surface area contributed by atoms with Crippen molar-refractivity contribution in [1.29, 1.82) is 0 Å². The van der Waals surface area contributed by atoms with Gasteiger partial charge in [-0.15, -0.1) is 10.2 Å². The lowest BCUT2D eigenvalue weighted by molar-refractivity contribution is 0.0701. The number of hydrogen-bond donors (Lipinski definition) is 2. The van der Waals surface area contributed by atoms with Crippen molar-refractivity contribution in [3.8, 4) is 0 Å². The van der Waals surface area contributed by atoms with Crippen molar-refractivity contribution in [3.05, 3.63) is 22.7 Å². The van der Waals surface area contributed by atoms with Crippen LogP contribution in [0, 0.1) is 6.92 Å². The Bertz CT molecular complexity index is 562. The summed E-state index contributed by atoms with van der Waals surface area (Å²) >= 11 is 1.14. The first kappa shape index (κ1) is 12.5. The number of anilines is 1. The highest BCUT2D eigenvalue weighted by molar-refractivity contribution is 7.17. The van der Waals surface area contributed by atoms with Gasteiger partial charge in [-0.05, 0) is 6.92 Å². The predicted molar refractivity (Wildman–Crippen MR) is 67.0 cm³/mol. The van der Waals surface area contributed by atoms with Crippen LogP contribution >= 0.6 is 11.3 Å². The van der Waals surface area contributed by atoms with Crippen LogP contribution in [0.15, 0.2) is 6.33 Å². The van der Waals surface area contributed by atoms with Gasteiger partial charge in [0.25, 0.3) is 0 Å². The first-order valence-corrected chi connectivity index (χ1v) is 6.17. The van der Waals surface area contributed by atoms with Crippen LogP contribution in [0.4, 0.5) is 5.13 Å². The van der Waals surface area contributed by atoms with E-state index in [9.17, 15) is 4.79 Å². The number of carboxylic acid groups (broad SMARTS) is 1. The van der Waals surface area contributed by atoms with Gasteiger partial charge in [0, 0.05) is 20.0 Å². The highest BCUT2D eigenvalue weighted by Crippen LogP contribution is 2.22. The molecule has 7 nitrogen and oxygen atoms in total. The molecule has 0 unspecified atom stereocenters. The van der Waals surface area contributed by atoms with Gasteiger partial charge in [-0.25, -0.2) is 9.78 Å². The maximum absolute atomic E-state index is 10.9. The van der Waals surface area contributed by atoms with E-state index in [-0.39, 0.29) is 4.88 Å². The van der Waals surface area contributed by atoms with Crippen molar-refractivity contribution in [2.75, 3.05) is 11.9 Å². The van der Waals surface area contributed by atoms with Crippen molar-refractivity contribution < 1.29 is 9.90 Å². The van der Waals surface area contributed by atoms with E-state index in [1.165, 1.54) is 0 Å². The quantitative estimate of drug-likeness (QED) is 0.837. The topological polar surface area (TPSA) is 92.9 Å². The molecule has 8 heteroatoms. The zero-order valence-electron chi connectivity index (χ0n) is 10.0. The third-order valence-corrected chi connectivity index (χ3v) is 3.52. The number of aromatic nitrogens is 4. The monoisotopic (exact) mass is 267 g/mol. The number of nitrogens with zero attached hydrogens (tertiary/aromatic N) is 4. The van der Waals surface area contributed by atoms with Gasteiger partial charge in [0.05, 0.1) is 5.69 Å². The third-order valence-electron chi connectivity index (χ3n) is 2.42. The van der Waals surface area contributed by atoms with Gasteiger partial charge in [0.15, 0.2) is 5.13 Å². The minimum Gasteiger partial charge on any atom is -0.477 e. The minimum atomic E-state index is -0.939. The van der Waals surface area contributed by atoms with E-state index in [2.05, 4.69) is 20.5 Å². The Kier molecular flexibility index (Phi) is 3.56. The fourth-order valence-corrected chi connectivity index (χ4v) is 2.32. The Labute approximate surface area is 108 Å². The average Bonchev–Trinajstić information content (AvgIpc) is 2.86. The molecular formula is C10H13N5O2S. The molecule has 0 fully saturated rings. The highest BCUT2D eigenvalue weighted by Gasteiger charge is 2.13. The second-order valence-corrected chi connectivity index (χ2v) is 4.77. The van der Waals surface area contributed by atoms with E-state index in [1.807, 2.05) is 11.6 Å². The molecular weight excluding hydrogens is 254 g/mol. The molecule has 2 aromatic rings. The first-order valence-electron chi connectivity index (χ1n) is 5.35. The Morgan fingerprint density at radius 3 is 2.94 bits per heavy atom. The lowest BCUT2D eigenvalue weighted by atomic mass is 10.4. The number of aryl methyl sites for hydroxylation is 2. The number of aromatic carboxylic acids is 1. The average molecular weight is 267 g/mol. The number of thiazole rings is 1. The molecule has 2 heterocycles. The molecule has 0 amide bonds. The molecule has 0 saturated heterocycles. The van der Waals surface area contributed by atoms with E-state index in [4.69, 9.17) is 5.11 Å². The van der Waals surface area contributed by atoms with Gasteiger partial charge in [-0.2, -0.15) is 0 Å². The summed E-state index contributed by atoms with van der Waals surface area (Å²) in [4.78, 5) is 15.3. The molecule has 2 rings (SSSR count). The maximum Gasteiger partial charge on any atom is 0.347 e. The third kappa shape index (κ3) is 2.65. The molecule has 96 valence electrons. The van der Waals surface area contributed by atoms with Crippen LogP contribution in [-0.4, -0.2) is 37.4 Å². The number of carboxylic acids is 1. The second-order valence-electron chi connectivity index (χ2n) is 3.77. The number of hydrogen-bond acceptors (Lipinski definition) is 6. The Morgan fingerprint density at radius 1 is 1.61 bits per heavy atom. The zero-order valence-corrected chi connectivity index (χ0v) is 10.9. The SMILES string of the molecule is Cc1nc(NCCc2nncn2C)sc1C(=O)O. The Balaban J connectivity index is 1.93. The van der Waals surface area contributed by atoms with E-state index in [1.54, 1.807) is 13.3 Å². The minimum absolute atomic E-state index is 0.274. The van der Waals surface area contributed by atoms with Gasteiger partial charge in [-0.3, -0.25) is 0 Å². The Morgan fingerprint density at radius 2 is 2.39 bits per heavy atom. The summed E-state index contributed by atoms with van der Waals surface area (Å²) in [6, 6.07) is 0. The lowest BCUT2D eigenvalue weighted by Gasteiger charge is -2.01. The van der Waals surface area contributed by atoms with Crippen LogP contribution in [0.3, 0.4) is 0 Å². The fraction of sp³-hybridized carbons (Fsp3) is 0.400. The van der Waals surface area contributed by atoms with Crippen LogP contribution in [-0.2, 0) is 13.5 Å². The van der Waals surface area contributed by atoms with E-state index in [0.29, 0.717) is 23.8 Å². The molecule has 0 aromatic carbocycles. The van der Waals surface area contributed by atoms with E-state index in [0.717, 1.165) is 17.2 Å². The normalized spacial score (nSPS) is 10.6. The second kappa shape index (κ2) is 5.13. The number of rotatable bonds is 5. The van der Waals surface area contributed by atoms with Gasteiger partial charge in [0.1, 0.15) is 17.0 Å². The van der Waals surface area contributed by atoms with Crippen molar-refractivity contribution in [2.24, 2.45) is 7.05 Å². The molecule has 0 aliphatic heterocycles. The summed E-state index contributed by atoms with van der Waals surface area (Å²) < 4.78 is 1.84. The zero-order chi connectivity index (χ0) is 13.1. The van der Waals surface area contributed by atoms with Gasteiger partial charge >= 0.3 is 5.97 Å². The standard InChI is InChI=1S/C10H13N5O2S/c1-6-8(9(16)17)18-10(13-6)11-4-3-7-14-12-5-15(7)2/h5H,3-4H2,1-2H3,(H,11,13)(H,16,17). The molecule has 2 N–H and O–H groups in total. The van der Waals surface area contributed by atoms with Crippen molar-refractivity contribution >= 4 is 22.4 Å². The predicted octanol–water partition coefficient (Wildman–Crippen LogP) is 0.933. The molecule has 0 atom stereocenters. The molecule has 0 saturated carbocycles. The molecule has 0 spiro atoms. The lowest BCUT2D eigenvalue weighted by Crippen LogP contribution is -2.08. The van der Waals surface area contributed by atoms with Crippen LogP contribution in [0.2, 0.25) is 0 Å². The molecule has 0 bridgehead atoms. The van der Waals surface area contributed by atoms with Crippen LogP contribution < -0.4 is 5.32 Å². The summed E-state index contributed by atoms with van der Waals surface area (Å²) in [6.45, 7) is 2.33. The number of carbonyl (C=O) groups is 1. The maximum atomic E-state index is 10.9. The summed E-state index contributed by atoms with van der Waals surface area (Å²) in [6.07, 6.45) is 2.35. The molecule has 18 heavy (non-hydrogen) atoms. The summed E-state index contributed by atoms with van der Waals surface area (Å²) in [7, 11) is 1.88. The smallest absolute Gasteiger partial charge is 0.347 e. The highest BCUT2D eigenvalue weighted by atomic mass is 32.1. The Hall–Kier alpha value is -1.96. The summed E-state index contributed by atoms with van der Waals surface area (Å²) in [5, 5.41) is 20.4. The molecule has 0 aliphatic rings. The van der Waals surface area contributed by atoms with Crippen LogP contribution in [0.1, 0.15) is 21.2 Å². The van der Waals surface area contributed by atoms with E-state index < -0.39 is 5.97 Å². The van der Waals surface area contributed by atoms with Crippen molar-refractivity contribution in [3.63, 3.8) is 0 Å². The van der Waals surface area contributed by atoms with Gasteiger partial charge in [-0.1, -0.05) is 11.3 Å². The van der Waals surface area contributed by atoms with E-state index >= 15 is 0 Å². The van der Waals surface area contributed by atoms with Crippen LogP contribution in [0.5, 0.6) is 0 Å². The fourth-order valence-electron chi connectivity index (χ4n) is 1.49. The number of nitrogens with one attached hydrogen (secondary N) is 1. The summed E-state index contributed by atoms with van der Waals surface area (Å²) in [5.74, 6) is -0.0689. The van der Waals surface area contributed by atoms with Crippen molar-refractivity contribution in [1.82, 2.24) is 19.7 Å². The molecule has 0 aliphatic carbocycles. The summed E-state index contributed by atoms with van der Waals surface area (Å²) in [5.41, 5.74) is 0.536. The van der Waals surface area contributed by atoms with Crippen LogP contribution in [0.25, 0.3) is 0 Å².